The van der Waals surface area contributed by atoms with Gasteiger partial charge in [-0.1, -0.05) is 15.9 Å². The maximum atomic E-state index is 12.7. The molecule has 23 heavy (non-hydrogen) atoms. The average molecular weight is 385 g/mol. The van der Waals surface area contributed by atoms with Crippen LogP contribution in [0, 0.1) is 12.8 Å². The maximum absolute atomic E-state index is 12.7. The molecule has 0 radical (unpaired) electrons. The number of hydrogen-bond acceptors (Lipinski definition) is 3. The Hall–Kier alpha value is -1.11. The molecule has 128 valence electrons. The second kappa shape index (κ2) is 8.66. The number of rotatable bonds is 6. The molecule has 6 heteroatoms. The minimum atomic E-state index is 0.0508. The number of carbonyl (C=O) groups excluding carboxylic acids is 1. The molecular formula is C17H25BrN2O3. The highest BCUT2D eigenvalue weighted by Gasteiger charge is 2.29. The van der Waals surface area contributed by atoms with Crippen LogP contribution in [0.25, 0.3) is 0 Å². The van der Waals surface area contributed by atoms with Crippen molar-refractivity contribution >= 4 is 27.6 Å². The molecule has 0 N–H and O–H groups in total. The number of ether oxygens (including phenoxy) is 2. The molecule has 0 saturated carbocycles. The van der Waals surface area contributed by atoms with Crippen molar-refractivity contribution in [2.45, 2.75) is 13.3 Å². The highest BCUT2D eigenvalue weighted by molar-refractivity contribution is 9.10. The summed E-state index contributed by atoms with van der Waals surface area (Å²) in [6, 6.07) is 6.01. The van der Waals surface area contributed by atoms with Gasteiger partial charge in [0.2, 0.25) is 0 Å². The number of amides is 2. The molecule has 1 saturated heterocycles. The van der Waals surface area contributed by atoms with Gasteiger partial charge in [-0.2, -0.15) is 0 Å². The van der Waals surface area contributed by atoms with Gasteiger partial charge in [0.05, 0.1) is 19.8 Å². The van der Waals surface area contributed by atoms with E-state index in [1.54, 1.807) is 12.0 Å². The zero-order valence-electron chi connectivity index (χ0n) is 14.0. The number of likely N-dealkylation sites (tertiary alicyclic amines) is 1. The lowest BCUT2D eigenvalue weighted by Gasteiger charge is -2.26. The van der Waals surface area contributed by atoms with Gasteiger partial charge in [-0.15, -0.1) is 0 Å². The predicted molar refractivity (Wildman–Crippen MR) is 95.1 cm³/mol. The first-order valence-electron chi connectivity index (χ1n) is 7.88. The number of hydrogen-bond donors (Lipinski definition) is 0. The summed E-state index contributed by atoms with van der Waals surface area (Å²) < 4.78 is 11.6. The number of benzene rings is 1. The van der Waals surface area contributed by atoms with Crippen LogP contribution in [0.4, 0.5) is 10.5 Å². The Labute approximate surface area is 146 Å². The quantitative estimate of drug-likeness (QED) is 0.706. The summed E-state index contributed by atoms with van der Waals surface area (Å²) in [7, 11) is 3.50. The van der Waals surface area contributed by atoms with Gasteiger partial charge in [-0.25, -0.2) is 4.79 Å². The predicted octanol–water partition coefficient (Wildman–Crippen LogP) is 3.30. The summed E-state index contributed by atoms with van der Waals surface area (Å²) in [5.74, 6) is 0.412. The van der Waals surface area contributed by atoms with Crippen LogP contribution in [-0.4, -0.2) is 58.0 Å². The topological polar surface area (TPSA) is 42.0 Å². The van der Waals surface area contributed by atoms with Crippen molar-refractivity contribution in [3.63, 3.8) is 0 Å². The lowest BCUT2D eigenvalue weighted by Crippen LogP contribution is -2.40. The van der Waals surface area contributed by atoms with Gasteiger partial charge in [0, 0.05) is 43.3 Å². The molecule has 0 aromatic heterocycles. The van der Waals surface area contributed by atoms with E-state index in [0.717, 1.165) is 35.2 Å². The Morgan fingerprint density at radius 3 is 2.91 bits per heavy atom. The molecule has 0 bridgehead atoms. The van der Waals surface area contributed by atoms with Gasteiger partial charge in [0.15, 0.2) is 0 Å². The van der Waals surface area contributed by atoms with Gasteiger partial charge >= 0.3 is 6.03 Å². The summed E-state index contributed by atoms with van der Waals surface area (Å²) in [4.78, 5) is 16.3. The summed E-state index contributed by atoms with van der Waals surface area (Å²) in [5.41, 5.74) is 2.02. The molecule has 2 amide bonds. The molecule has 1 aromatic rings. The van der Waals surface area contributed by atoms with Crippen molar-refractivity contribution < 1.29 is 14.3 Å². The van der Waals surface area contributed by atoms with Gasteiger partial charge < -0.3 is 14.4 Å². The average Bonchev–Trinajstić information content (AvgIpc) is 2.99. The molecule has 1 fully saturated rings. The monoisotopic (exact) mass is 384 g/mol. The number of carbonyl (C=O) groups is 1. The van der Waals surface area contributed by atoms with Gasteiger partial charge in [-0.05, 0) is 37.1 Å². The fraction of sp³-hybridized carbons (Fsp3) is 0.588. The Balaban J connectivity index is 1.88. The minimum absolute atomic E-state index is 0.0508. The minimum Gasteiger partial charge on any atom is -0.382 e. The SMILES string of the molecule is COCCOC[C@H]1CCN(C(=O)N(C)c2ccc(Br)cc2C)C1. The Kier molecular flexibility index (Phi) is 6.87. The normalized spacial score (nSPS) is 17.6. The highest BCUT2D eigenvalue weighted by atomic mass is 79.9. The van der Waals surface area contributed by atoms with Crippen LogP contribution >= 0.6 is 15.9 Å². The van der Waals surface area contributed by atoms with Crippen molar-refractivity contribution in [1.82, 2.24) is 4.90 Å². The third-order valence-corrected chi connectivity index (χ3v) is 4.64. The van der Waals surface area contributed by atoms with E-state index in [0.29, 0.717) is 25.7 Å². The zero-order valence-corrected chi connectivity index (χ0v) is 15.6. The summed E-state index contributed by atoms with van der Waals surface area (Å²) in [6.45, 7) is 5.47. The molecule has 2 rings (SSSR count). The third kappa shape index (κ3) is 4.93. The summed E-state index contributed by atoms with van der Waals surface area (Å²) in [6.07, 6.45) is 0.992. The lowest BCUT2D eigenvalue weighted by molar-refractivity contribution is 0.0533. The van der Waals surface area contributed by atoms with Crippen LogP contribution in [0.1, 0.15) is 12.0 Å². The molecule has 0 aliphatic carbocycles. The summed E-state index contributed by atoms with van der Waals surface area (Å²) >= 11 is 3.46. The van der Waals surface area contributed by atoms with E-state index in [2.05, 4.69) is 15.9 Å². The first-order chi connectivity index (χ1) is 11.0. The number of urea groups is 1. The number of aryl methyl sites for hydroxylation is 1. The van der Waals surface area contributed by atoms with Gasteiger partial charge in [0.1, 0.15) is 0 Å². The number of methoxy groups -OCH3 is 1. The molecular weight excluding hydrogens is 360 g/mol. The Bertz CT molecular complexity index is 539. The van der Waals surface area contributed by atoms with Crippen LogP contribution in [0.3, 0.4) is 0 Å². The van der Waals surface area contributed by atoms with Crippen LogP contribution in [0.15, 0.2) is 22.7 Å². The van der Waals surface area contributed by atoms with E-state index in [4.69, 9.17) is 9.47 Å². The molecule has 0 unspecified atom stereocenters. The first kappa shape index (κ1) is 18.2. The van der Waals surface area contributed by atoms with Crippen molar-refractivity contribution in [3.8, 4) is 0 Å². The molecule has 0 spiro atoms. The fourth-order valence-electron chi connectivity index (χ4n) is 2.85. The van der Waals surface area contributed by atoms with E-state index in [1.807, 2.05) is 37.1 Å². The van der Waals surface area contributed by atoms with Crippen molar-refractivity contribution in [1.29, 1.82) is 0 Å². The largest absolute Gasteiger partial charge is 0.382 e. The maximum Gasteiger partial charge on any atom is 0.324 e. The fourth-order valence-corrected chi connectivity index (χ4v) is 3.32. The van der Waals surface area contributed by atoms with E-state index in [1.165, 1.54) is 0 Å². The van der Waals surface area contributed by atoms with E-state index in [9.17, 15) is 4.79 Å². The van der Waals surface area contributed by atoms with E-state index < -0.39 is 0 Å². The molecule has 1 aliphatic rings. The van der Waals surface area contributed by atoms with Crippen LogP contribution < -0.4 is 4.90 Å². The van der Waals surface area contributed by atoms with E-state index >= 15 is 0 Å². The van der Waals surface area contributed by atoms with Crippen LogP contribution in [0.2, 0.25) is 0 Å². The molecule has 1 atom stereocenters. The van der Waals surface area contributed by atoms with Crippen molar-refractivity contribution in [3.05, 3.63) is 28.2 Å². The van der Waals surface area contributed by atoms with Crippen molar-refractivity contribution in [2.75, 3.05) is 52.0 Å². The first-order valence-corrected chi connectivity index (χ1v) is 8.67. The number of halogens is 1. The lowest BCUT2D eigenvalue weighted by atomic mass is 10.1. The standard InChI is InChI=1S/C17H25BrN2O3/c1-13-10-15(18)4-5-16(13)19(2)17(21)20-7-6-14(11-20)12-23-9-8-22-3/h4-5,10,14H,6-9,11-12H2,1-3H3/t14-/m0/s1. The second-order valence-corrected chi connectivity index (χ2v) is 6.86. The summed E-state index contributed by atoms with van der Waals surface area (Å²) in [5, 5.41) is 0. The van der Waals surface area contributed by atoms with Crippen LogP contribution in [-0.2, 0) is 9.47 Å². The Morgan fingerprint density at radius 2 is 2.22 bits per heavy atom. The molecule has 1 aromatic carbocycles. The van der Waals surface area contributed by atoms with Gasteiger partial charge in [-0.3, -0.25) is 4.90 Å². The zero-order chi connectivity index (χ0) is 16.8. The third-order valence-electron chi connectivity index (χ3n) is 4.15. The molecule has 5 nitrogen and oxygen atoms in total. The van der Waals surface area contributed by atoms with Crippen molar-refractivity contribution in [2.24, 2.45) is 5.92 Å². The second-order valence-electron chi connectivity index (χ2n) is 5.94. The highest BCUT2D eigenvalue weighted by Crippen LogP contribution is 2.25. The molecule has 1 aliphatic heterocycles. The number of anilines is 1. The Morgan fingerprint density at radius 1 is 1.43 bits per heavy atom. The van der Waals surface area contributed by atoms with E-state index in [-0.39, 0.29) is 6.03 Å². The smallest absolute Gasteiger partial charge is 0.324 e. The van der Waals surface area contributed by atoms with Gasteiger partial charge in [0.25, 0.3) is 0 Å². The molecule has 1 heterocycles. The number of nitrogens with zero attached hydrogens (tertiary/aromatic N) is 2. The van der Waals surface area contributed by atoms with Crippen LogP contribution in [0.5, 0.6) is 0 Å².